The highest BCUT2D eigenvalue weighted by atomic mass is 32.2. The van der Waals surface area contributed by atoms with Gasteiger partial charge in [0.2, 0.25) is 0 Å². The minimum Gasteiger partial charge on any atom is -0.376 e. The first kappa shape index (κ1) is 19.4. The van der Waals surface area contributed by atoms with Crippen molar-refractivity contribution >= 4 is 44.4 Å². The lowest BCUT2D eigenvalue weighted by Crippen LogP contribution is -2.37. The summed E-state index contributed by atoms with van der Waals surface area (Å²) in [5.74, 6) is 0.00135. The normalized spacial score (nSPS) is 16.6. The van der Waals surface area contributed by atoms with Crippen molar-refractivity contribution < 1.29 is 9.53 Å². The number of nitrogens with zero attached hydrogens (tertiary/aromatic N) is 2. The number of hydrogen-bond donors (Lipinski definition) is 0. The molecule has 1 fully saturated rings. The van der Waals surface area contributed by atoms with Crippen molar-refractivity contribution in [2.45, 2.75) is 37.7 Å². The van der Waals surface area contributed by atoms with Gasteiger partial charge in [0.15, 0.2) is 5.13 Å². The molecule has 1 aliphatic rings. The van der Waals surface area contributed by atoms with Gasteiger partial charge in [0.05, 0.1) is 22.9 Å². The van der Waals surface area contributed by atoms with Gasteiger partial charge in [0.1, 0.15) is 0 Å². The van der Waals surface area contributed by atoms with Crippen LogP contribution in [-0.2, 0) is 4.74 Å². The lowest BCUT2D eigenvalue weighted by Gasteiger charge is -2.24. The van der Waals surface area contributed by atoms with Crippen LogP contribution in [0.1, 0.15) is 34.3 Å². The fraction of sp³-hybridized carbons (Fsp3) is 0.364. The van der Waals surface area contributed by atoms with Gasteiger partial charge < -0.3 is 4.74 Å². The molecule has 0 saturated carbocycles. The van der Waals surface area contributed by atoms with Crippen molar-refractivity contribution in [3.63, 3.8) is 0 Å². The average Bonchev–Trinajstić information content (AvgIpc) is 3.36. The number of ether oxygens (including phenoxy) is 1. The van der Waals surface area contributed by atoms with E-state index in [2.05, 4.69) is 18.4 Å². The van der Waals surface area contributed by atoms with Gasteiger partial charge in [0.25, 0.3) is 5.91 Å². The molecule has 2 heterocycles. The summed E-state index contributed by atoms with van der Waals surface area (Å²) in [6, 6.07) is 12.2. The standard InChI is InChI=1S/C22H24N2O2S2/c1-14-9-10-15(2)17(12-14)21(25)24(13-16-6-5-11-26-16)22-23-20-18(27-3)7-4-8-19(20)28-22/h4,7-10,12,16H,5-6,11,13H2,1-3H3. The molecule has 1 unspecified atom stereocenters. The number of amides is 1. The van der Waals surface area contributed by atoms with Crippen LogP contribution in [0.5, 0.6) is 0 Å². The van der Waals surface area contributed by atoms with E-state index < -0.39 is 0 Å². The van der Waals surface area contributed by atoms with Crippen LogP contribution >= 0.6 is 23.1 Å². The minimum absolute atomic E-state index is 0.00135. The van der Waals surface area contributed by atoms with E-state index in [-0.39, 0.29) is 12.0 Å². The molecule has 4 rings (SSSR count). The highest BCUT2D eigenvalue weighted by Gasteiger charge is 2.28. The molecule has 0 spiro atoms. The number of para-hydroxylation sites is 1. The number of rotatable bonds is 5. The van der Waals surface area contributed by atoms with Gasteiger partial charge in [-0.3, -0.25) is 9.69 Å². The van der Waals surface area contributed by atoms with Crippen LogP contribution in [0.3, 0.4) is 0 Å². The average molecular weight is 413 g/mol. The molecule has 0 N–H and O–H groups in total. The predicted octanol–water partition coefficient (Wildman–Crippen LogP) is 5.46. The quantitative estimate of drug-likeness (QED) is 0.522. The minimum atomic E-state index is 0.00135. The molecular weight excluding hydrogens is 388 g/mol. The summed E-state index contributed by atoms with van der Waals surface area (Å²) in [5, 5.41) is 0.748. The maximum Gasteiger partial charge on any atom is 0.260 e. The number of fused-ring (bicyclic) bond motifs is 1. The second kappa shape index (κ2) is 8.23. The number of benzene rings is 2. The Bertz CT molecular complexity index is 1010. The summed E-state index contributed by atoms with van der Waals surface area (Å²) >= 11 is 3.26. The third-order valence-corrected chi connectivity index (χ3v) is 6.91. The summed E-state index contributed by atoms with van der Waals surface area (Å²) in [6.45, 7) is 5.32. The highest BCUT2D eigenvalue weighted by molar-refractivity contribution is 7.98. The van der Waals surface area contributed by atoms with E-state index in [9.17, 15) is 4.79 Å². The Balaban J connectivity index is 1.77. The summed E-state index contributed by atoms with van der Waals surface area (Å²) in [6.07, 6.45) is 4.16. The molecule has 1 saturated heterocycles. The zero-order valence-corrected chi connectivity index (χ0v) is 18.0. The maximum absolute atomic E-state index is 13.6. The van der Waals surface area contributed by atoms with E-state index in [4.69, 9.17) is 9.72 Å². The second-order valence-electron chi connectivity index (χ2n) is 7.17. The van der Waals surface area contributed by atoms with Crippen LogP contribution in [0.25, 0.3) is 10.2 Å². The van der Waals surface area contributed by atoms with Crippen LogP contribution in [0.2, 0.25) is 0 Å². The Kier molecular flexibility index (Phi) is 5.71. The van der Waals surface area contributed by atoms with Crippen molar-refractivity contribution in [3.8, 4) is 0 Å². The van der Waals surface area contributed by atoms with E-state index in [1.165, 1.54) is 0 Å². The number of thioether (sulfide) groups is 1. The first-order valence-electron chi connectivity index (χ1n) is 9.51. The van der Waals surface area contributed by atoms with E-state index in [1.807, 2.05) is 43.0 Å². The molecule has 4 nitrogen and oxygen atoms in total. The third-order valence-electron chi connectivity index (χ3n) is 5.10. The first-order valence-corrected chi connectivity index (χ1v) is 11.5. The molecule has 1 amide bonds. The summed E-state index contributed by atoms with van der Waals surface area (Å²) < 4.78 is 6.95. The lowest BCUT2D eigenvalue weighted by molar-refractivity contribution is 0.0917. The fourth-order valence-electron chi connectivity index (χ4n) is 3.54. The van der Waals surface area contributed by atoms with Crippen molar-refractivity contribution in [1.82, 2.24) is 4.98 Å². The number of carbonyl (C=O) groups is 1. The molecule has 0 radical (unpaired) electrons. The van der Waals surface area contributed by atoms with Gasteiger partial charge in [0, 0.05) is 17.1 Å². The van der Waals surface area contributed by atoms with Crippen LogP contribution in [0.4, 0.5) is 5.13 Å². The number of thiazole rings is 1. The van der Waals surface area contributed by atoms with Crippen molar-refractivity contribution in [2.24, 2.45) is 0 Å². The number of anilines is 1. The number of aryl methyl sites for hydroxylation is 2. The third kappa shape index (κ3) is 3.81. The SMILES string of the molecule is CSc1cccc2sc(N(CC3CCCO3)C(=O)c3cc(C)ccc3C)nc12. The van der Waals surface area contributed by atoms with Crippen LogP contribution < -0.4 is 4.90 Å². The molecule has 3 aromatic rings. The van der Waals surface area contributed by atoms with E-state index in [1.54, 1.807) is 23.1 Å². The van der Waals surface area contributed by atoms with E-state index in [0.29, 0.717) is 6.54 Å². The Hall–Kier alpha value is -1.89. The molecule has 6 heteroatoms. The Morgan fingerprint density at radius 3 is 2.93 bits per heavy atom. The van der Waals surface area contributed by atoms with Crippen LogP contribution in [0.15, 0.2) is 41.3 Å². The predicted molar refractivity (Wildman–Crippen MR) is 118 cm³/mol. The molecule has 1 aliphatic heterocycles. The largest absolute Gasteiger partial charge is 0.376 e. The molecule has 2 aromatic carbocycles. The fourth-order valence-corrected chi connectivity index (χ4v) is 5.17. The molecule has 28 heavy (non-hydrogen) atoms. The van der Waals surface area contributed by atoms with Gasteiger partial charge in [-0.2, -0.15) is 0 Å². The van der Waals surface area contributed by atoms with Gasteiger partial charge in [-0.1, -0.05) is 35.1 Å². The Labute approximate surface area is 173 Å². The van der Waals surface area contributed by atoms with Gasteiger partial charge in [-0.05, 0) is 56.7 Å². The lowest BCUT2D eigenvalue weighted by atomic mass is 10.0. The van der Waals surface area contributed by atoms with E-state index >= 15 is 0 Å². The Morgan fingerprint density at radius 2 is 2.18 bits per heavy atom. The second-order valence-corrected chi connectivity index (χ2v) is 9.03. The zero-order valence-electron chi connectivity index (χ0n) is 16.4. The van der Waals surface area contributed by atoms with E-state index in [0.717, 1.165) is 56.4 Å². The van der Waals surface area contributed by atoms with Crippen LogP contribution in [0, 0.1) is 13.8 Å². The topological polar surface area (TPSA) is 42.4 Å². The number of aromatic nitrogens is 1. The zero-order chi connectivity index (χ0) is 19.7. The molecule has 0 aliphatic carbocycles. The first-order chi connectivity index (χ1) is 13.6. The summed E-state index contributed by atoms with van der Waals surface area (Å²) in [7, 11) is 0. The molecular formula is C22H24N2O2S2. The maximum atomic E-state index is 13.6. The number of hydrogen-bond acceptors (Lipinski definition) is 5. The molecule has 1 atom stereocenters. The van der Waals surface area contributed by atoms with Crippen LogP contribution in [-0.4, -0.2) is 36.4 Å². The van der Waals surface area contributed by atoms with Gasteiger partial charge >= 0.3 is 0 Å². The van der Waals surface area contributed by atoms with Gasteiger partial charge in [-0.15, -0.1) is 11.8 Å². The van der Waals surface area contributed by atoms with Crippen molar-refractivity contribution in [1.29, 1.82) is 0 Å². The summed E-state index contributed by atoms with van der Waals surface area (Å²) in [5.41, 5.74) is 3.78. The highest BCUT2D eigenvalue weighted by Crippen LogP contribution is 2.35. The summed E-state index contributed by atoms with van der Waals surface area (Å²) in [4.78, 5) is 21.4. The molecule has 146 valence electrons. The number of carbonyl (C=O) groups excluding carboxylic acids is 1. The monoisotopic (exact) mass is 412 g/mol. The molecule has 0 bridgehead atoms. The smallest absolute Gasteiger partial charge is 0.260 e. The Morgan fingerprint density at radius 1 is 1.32 bits per heavy atom. The van der Waals surface area contributed by atoms with Crippen molar-refractivity contribution in [3.05, 3.63) is 53.1 Å². The van der Waals surface area contributed by atoms with Crippen molar-refractivity contribution in [2.75, 3.05) is 24.3 Å². The molecule has 1 aromatic heterocycles. The van der Waals surface area contributed by atoms with Gasteiger partial charge in [-0.25, -0.2) is 4.98 Å².